The molecule has 1 fully saturated rings. The summed E-state index contributed by atoms with van der Waals surface area (Å²) in [6, 6.07) is 0. The van der Waals surface area contributed by atoms with Crippen LogP contribution in [0.4, 0.5) is 11.6 Å². The Morgan fingerprint density at radius 3 is 3.06 bits per heavy atom. The Kier molecular flexibility index (Phi) is 3.80. The van der Waals surface area contributed by atoms with Crippen molar-refractivity contribution in [2.24, 2.45) is 0 Å². The van der Waals surface area contributed by atoms with E-state index in [1.807, 2.05) is 11.8 Å². The third-order valence-corrected chi connectivity index (χ3v) is 3.39. The molecule has 17 heavy (non-hydrogen) atoms. The van der Waals surface area contributed by atoms with Crippen molar-refractivity contribution in [3.8, 4) is 0 Å². The Balaban J connectivity index is 2.23. The number of aromatic nitrogens is 2. The molecule has 94 valence electrons. The molecule has 3 N–H and O–H groups in total. The predicted molar refractivity (Wildman–Crippen MR) is 67.8 cm³/mol. The van der Waals surface area contributed by atoms with Crippen LogP contribution in [-0.4, -0.2) is 47.0 Å². The van der Waals surface area contributed by atoms with E-state index in [1.54, 1.807) is 0 Å². The van der Waals surface area contributed by atoms with Crippen LogP contribution in [0.2, 0.25) is 0 Å². The second-order valence-electron chi connectivity index (χ2n) is 4.05. The molecule has 2 rings (SSSR count). The van der Waals surface area contributed by atoms with Crippen LogP contribution in [0.25, 0.3) is 0 Å². The first-order valence-electron chi connectivity index (χ1n) is 5.39. The molecule has 7 heteroatoms. The van der Waals surface area contributed by atoms with Crippen LogP contribution in [0.15, 0.2) is 10.8 Å². The van der Waals surface area contributed by atoms with Gasteiger partial charge in [-0.1, -0.05) is 0 Å². The molecule has 0 aromatic carbocycles. The molecule has 1 saturated heterocycles. The monoisotopic (exact) mass is 302 g/mol. The van der Waals surface area contributed by atoms with E-state index in [0.29, 0.717) is 23.4 Å². The van der Waals surface area contributed by atoms with Crippen LogP contribution in [0.5, 0.6) is 0 Å². The van der Waals surface area contributed by atoms with E-state index >= 15 is 0 Å². The normalized spacial score (nSPS) is 25.0. The lowest BCUT2D eigenvalue weighted by Crippen LogP contribution is -2.48. The fourth-order valence-electron chi connectivity index (χ4n) is 1.91. The molecule has 1 aliphatic rings. The summed E-state index contributed by atoms with van der Waals surface area (Å²) in [6.07, 6.45) is 1.29. The maximum Gasteiger partial charge on any atom is 0.148 e. The highest BCUT2D eigenvalue weighted by Gasteiger charge is 2.27. The summed E-state index contributed by atoms with van der Waals surface area (Å²) in [6.45, 7) is 3.27. The number of aliphatic hydroxyl groups is 1. The van der Waals surface area contributed by atoms with Crippen LogP contribution < -0.4 is 10.6 Å². The molecule has 0 aliphatic carbocycles. The molecule has 0 bridgehead atoms. The lowest BCUT2D eigenvalue weighted by molar-refractivity contribution is -0.0423. The van der Waals surface area contributed by atoms with E-state index in [-0.39, 0.29) is 18.8 Å². The van der Waals surface area contributed by atoms with Crippen LogP contribution in [0, 0.1) is 0 Å². The summed E-state index contributed by atoms with van der Waals surface area (Å²) in [7, 11) is 0. The van der Waals surface area contributed by atoms with Gasteiger partial charge in [-0.3, -0.25) is 0 Å². The van der Waals surface area contributed by atoms with Crippen LogP contribution in [0.3, 0.4) is 0 Å². The molecular formula is C10H15BrN4O2. The van der Waals surface area contributed by atoms with Gasteiger partial charge in [-0.2, -0.15) is 0 Å². The zero-order chi connectivity index (χ0) is 12.4. The van der Waals surface area contributed by atoms with Gasteiger partial charge >= 0.3 is 0 Å². The lowest BCUT2D eigenvalue weighted by Gasteiger charge is -2.37. The molecule has 2 unspecified atom stereocenters. The summed E-state index contributed by atoms with van der Waals surface area (Å²) in [5.41, 5.74) is 5.72. The third kappa shape index (κ3) is 2.67. The summed E-state index contributed by atoms with van der Waals surface area (Å²) in [5.74, 6) is 1.15. The van der Waals surface area contributed by atoms with Crippen molar-refractivity contribution in [2.45, 2.75) is 19.1 Å². The molecule has 1 aliphatic heterocycles. The highest BCUT2D eigenvalue weighted by Crippen LogP contribution is 2.29. The first kappa shape index (κ1) is 12.5. The van der Waals surface area contributed by atoms with Crippen molar-refractivity contribution in [3.63, 3.8) is 0 Å². The van der Waals surface area contributed by atoms with Crippen molar-refractivity contribution in [1.29, 1.82) is 0 Å². The van der Waals surface area contributed by atoms with Gasteiger partial charge in [0.2, 0.25) is 0 Å². The van der Waals surface area contributed by atoms with E-state index < -0.39 is 0 Å². The van der Waals surface area contributed by atoms with Crippen molar-refractivity contribution in [3.05, 3.63) is 10.8 Å². The van der Waals surface area contributed by atoms with Crippen molar-refractivity contribution < 1.29 is 9.84 Å². The highest BCUT2D eigenvalue weighted by atomic mass is 79.9. The van der Waals surface area contributed by atoms with Crippen LogP contribution in [0.1, 0.15) is 6.92 Å². The zero-order valence-corrected chi connectivity index (χ0v) is 11.1. The minimum Gasteiger partial charge on any atom is -0.394 e. The van der Waals surface area contributed by atoms with Gasteiger partial charge in [-0.25, -0.2) is 9.97 Å². The van der Waals surface area contributed by atoms with E-state index in [1.165, 1.54) is 6.33 Å². The van der Waals surface area contributed by atoms with Crippen LogP contribution in [-0.2, 0) is 4.74 Å². The minimum absolute atomic E-state index is 0.000967. The van der Waals surface area contributed by atoms with Crippen molar-refractivity contribution in [1.82, 2.24) is 9.97 Å². The lowest BCUT2D eigenvalue weighted by atomic mass is 10.2. The minimum atomic E-state index is -0.193. The number of anilines is 2. The van der Waals surface area contributed by atoms with E-state index in [0.717, 1.165) is 5.82 Å². The number of ether oxygens (including phenoxy) is 1. The third-order valence-electron chi connectivity index (χ3n) is 2.63. The van der Waals surface area contributed by atoms with E-state index in [9.17, 15) is 5.11 Å². The SMILES string of the molecule is CC1CN(c2ncnc(N)c2Br)CC(CO)O1. The number of hydrogen-bond donors (Lipinski definition) is 2. The number of rotatable bonds is 2. The molecule has 0 saturated carbocycles. The number of aliphatic hydroxyl groups excluding tert-OH is 1. The summed E-state index contributed by atoms with van der Waals surface area (Å²) in [5, 5.41) is 9.18. The number of hydrogen-bond acceptors (Lipinski definition) is 6. The fourth-order valence-corrected chi connectivity index (χ4v) is 2.37. The molecule has 0 spiro atoms. The van der Waals surface area contributed by atoms with Gasteiger partial charge in [0.15, 0.2) is 0 Å². The summed E-state index contributed by atoms with van der Waals surface area (Å²) >= 11 is 3.38. The largest absolute Gasteiger partial charge is 0.394 e. The van der Waals surface area contributed by atoms with E-state index in [4.69, 9.17) is 10.5 Å². The Labute approximate surface area is 108 Å². The van der Waals surface area contributed by atoms with Gasteiger partial charge in [0.05, 0.1) is 18.8 Å². The molecule has 1 aromatic rings. The van der Waals surface area contributed by atoms with Gasteiger partial charge in [-0.05, 0) is 22.9 Å². The number of halogens is 1. The van der Waals surface area contributed by atoms with E-state index in [2.05, 4.69) is 25.9 Å². The first-order chi connectivity index (χ1) is 8.11. The topological polar surface area (TPSA) is 84.5 Å². The Hall–Kier alpha value is -0.920. The number of morpholine rings is 1. The van der Waals surface area contributed by atoms with Gasteiger partial charge < -0.3 is 20.5 Å². The predicted octanol–water partition coefficient (Wildman–Crippen LogP) is 0.407. The van der Waals surface area contributed by atoms with Crippen molar-refractivity contribution in [2.75, 3.05) is 30.3 Å². The quantitative estimate of drug-likeness (QED) is 0.823. The molecule has 0 radical (unpaired) electrons. The highest BCUT2D eigenvalue weighted by molar-refractivity contribution is 9.10. The number of nitrogens with zero attached hydrogens (tertiary/aromatic N) is 3. The fraction of sp³-hybridized carbons (Fsp3) is 0.600. The Bertz CT molecular complexity index is 404. The Morgan fingerprint density at radius 1 is 1.59 bits per heavy atom. The van der Waals surface area contributed by atoms with Crippen molar-refractivity contribution >= 4 is 27.6 Å². The van der Waals surface area contributed by atoms with Gasteiger partial charge in [-0.15, -0.1) is 0 Å². The summed E-state index contributed by atoms with van der Waals surface area (Å²) in [4.78, 5) is 10.2. The second-order valence-corrected chi connectivity index (χ2v) is 4.85. The Morgan fingerprint density at radius 2 is 2.35 bits per heavy atom. The second kappa shape index (κ2) is 5.16. The molecule has 2 atom stereocenters. The smallest absolute Gasteiger partial charge is 0.148 e. The average Bonchev–Trinajstić information content (AvgIpc) is 2.31. The van der Waals surface area contributed by atoms with Gasteiger partial charge in [0, 0.05) is 13.1 Å². The zero-order valence-electron chi connectivity index (χ0n) is 9.51. The molecule has 0 amide bonds. The molecule has 2 heterocycles. The molecule has 1 aromatic heterocycles. The average molecular weight is 303 g/mol. The summed E-state index contributed by atoms with van der Waals surface area (Å²) < 4.78 is 6.26. The molecular weight excluding hydrogens is 288 g/mol. The molecule has 6 nitrogen and oxygen atoms in total. The van der Waals surface area contributed by atoms with Gasteiger partial charge in [0.1, 0.15) is 22.4 Å². The van der Waals surface area contributed by atoms with Crippen LogP contribution >= 0.6 is 15.9 Å². The maximum atomic E-state index is 9.18. The standard InChI is InChI=1S/C10H15BrN4O2/c1-6-2-15(3-7(4-16)17-6)10-8(11)9(12)13-5-14-10/h5-7,16H,2-4H2,1H3,(H2,12,13,14). The first-order valence-corrected chi connectivity index (χ1v) is 6.18. The maximum absolute atomic E-state index is 9.18. The number of nitrogens with two attached hydrogens (primary N) is 1. The number of nitrogen functional groups attached to an aromatic ring is 1. The van der Waals surface area contributed by atoms with Gasteiger partial charge in [0.25, 0.3) is 0 Å².